The minimum atomic E-state index is -1.01. The highest BCUT2D eigenvalue weighted by atomic mass is 32.1. The van der Waals surface area contributed by atoms with Crippen molar-refractivity contribution in [1.82, 2.24) is 14.5 Å². The zero-order chi connectivity index (χ0) is 21.5. The molecule has 0 fully saturated rings. The van der Waals surface area contributed by atoms with E-state index in [1.54, 1.807) is 49.7 Å². The molecule has 3 N–H and O–H groups in total. The van der Waals surface area contributed by atoms with Crippen molar-refractivity contribution in [3.8, 4) is 10.6 Å². The van der Waals surface area contributed by atoms with Gasteiger partial charge in [-0.25, -0.2) is 9.97 Å². The maximum atomic E-state index is 12.9. The molecule has 4 rings (SSSR count). The van der Waals surface area contributed by atoms with Gasteiger partial charge < -0.3 is 19.2 Å². The number of carbonyl (C=O) groups is 1. The Labute approximate surface area is 176 Å². The summed E-state index contributed by atoms with van der Waals surface area (Å²) in [6.07, 6.45) is 1.63. The summed E-state index contributed by atoms with van der Waals surface area (Å²) in [7, 11) is 0. The van der Waals surface area contributed by atoms with Crippen molar-refractivity contribution in [2.75, 3.05) is 5.32 Å². The fraction of sp³-hybridized carbons (Fsp3) is 0.286. The molecule has 0 saturated heterocycles. The maximum Gasteiger partial charge on any atom is 0.268 e. The van der Waals surface area contributed by atoms with Crippen LogP contribution in [0.4, 0.5) is 5.95 Å². The summed E-state index contributed by atoms with van der Waals surface area (Å²) in [6, 6.07) is 8.92. The van der Waals surface area contributed by atoms with Crippen molar-refractivity contribution in [3.63, 3.8) is 0 Å². The van der Waals surface area contributed by atoms with Gasteiger partial charge in [-0.05, 0) is 43.7 Å². The van der Waals surface area contributed by atoms with E-state index in [1.807, 2.05) is 12.1 Å². The first kappa shape index (κ1) is 20.3. The second-order valence-electron chi connectivity index (χ2n) is 7.68. The number of nitrogens with one attached hydrogen (secondary N) is 1. The van der Waals surface area contributed by atoms with Crippen LogP contribution in [0.3, 0.4) is 0 Å². The highest BCUT2D eigenvalue weighted by molar-refractivity contribution is 7.17. The van der Waals surface area contributed by atoms with E-state index in [4.69, 9.17) is 4.42 Å². The van der Waals surface area contributed by atoms with Crippen LogP contribution in [-0.2, 0) is 13.2 Å². The van der Waals surface area contributed by atoms with E-state index in [-0.39, 0.29) is 19.1 Å². The lowest BCUT2D eigenvalue weighted by Gasteiger charge is -2.20. The molecule has 156 valence electrons. The lowest BCUT2D eigenvalue weighted by molar-refractivity contribution is 0.0630. The molecule has 0 aliphatic rings. The number of anilines is 1. The summed E-state index contributed by atoms with van der Waals surface area (Å²) in [6.45, 7) is 5.29. The second kappa shape index (κ2) is 7.67. The highest BCUT2D eigenvalue weighted by Gasteiger charge is 2.22. The third kappa shape index (κ3) is 4.13. The van der Waals surface area contributed by atoms with Crippen LogP contribution < -0.4 is 5.32 Å². The highest BCUT2D eigenvalue weighted by Crippen LogP contribution is 2.30. The van der Waals surface area contributed by atoms with Gasteiger partial charge in [0.25, 0.3) is 5.91 Å². The Morgan fingerprint density at radius 1 is 1.30 bits per heavy atom. The first-order chi connectivity index (χ1) is 14.2. The van der Waals surface area contributed by atoms with Gasteiger partial charge in [0.15, 0.2) is 11.7 Å². The summed E-state index contributed by atoms with van der Waals surface area (Å²) in [5.74, 6) is 1.20. The summed E-state index contributed by atoms with van der Waals surface area (Å²) in [5, 5.41) is 22.6. The minimum Gasteiger partial charge on any atom is -0.440 e. The third-order valence-electron chi connectivity index (χ3n) is 4.46. The Hall–Kier alpha value is -3.01. The SMILES string of the molecule is Cc1ncc(-c2ccc(C(=O)Nc3nc4cc(CO)ccc4n3CC(C)(C)O)s2)o1. The molecule has 0 aliphatic carbocycles. The van der Waals surface area contributed by atoms with Gasteiger partial charge in [0.05, 0.1) is 45.7 Å². The number of amides is 1. The van der Waals surface area contributed by atoms with Crippen LogP contribution in [0.5, 0.6) is 0 Å². The quantitative estimate of drug-likeness (QED) is 0.434. The monoisotopic (exact) mass is 426 g/mol. The average Bonchev–Trinajstić information content (AvgIpc) is 3.40. The molecule has 3 aromatic heterocycles. The van der Waals surface area contributed by atoms with Gasteiger partial charge in [0, 0.05) is 6.92 Å². The zero-order valence-corrected chi connectivity index (χ0v) is 17.7. The molecule has 3 heterocycles. The van der Waals surface area contributed by atoms with Gasteiger partial charge in [-0.2, -0.15) is 0 Å². The van der Waals surface area contributed by atoms with Gasteiger partial charge in [-0.1, -0.05) is 6.07 Å². The fourth-order valence-electron chi connectivity index (χ4n) is 3.15. The number of oxazole rings is 1. The molecule has 0 unspecified atom stereocenters. The lowest BCUT2D eigenvalue weighted by Crippen LogP contribution is -2.27. The van der Waals surface area contributed by atoms with Crippen molar-refractivity contribution < 1.29 is 19.4 Å². The zero-order valence-electron chi connectivity index (χ0n) is 16.8. The number of benzene rings is 1. The molecular weight excluding hydrogens is 404 g/mol. The van der Waals surface area contributed by atoms with Crippen molar-refractivity contribution in [2.45, 2.75) is 39.5 Å². The predicted molar refractivity (Wildman–Crippen MR) is 114 cm³/mol. The number of aryl methyl sites for hydroxylation is 1. The molecular formula is C21H22N4O4S. The predicted octanol–water partition coefficient (Wildman–Crippen LogP) is 3.58. The van der Waals surface area contributed by atoms with E-state index < -0.39 is 5.60 Å². The molecule has 1 aromatic carbocycles. The number of aliphatic hydroxyl groups excluding tert-OH is 1. The number of rotatable bonds is 6. The van der Waals surface area contributed by atoms with E-state index in [1.165, 1.54) is 11.3 Å². The smallest absolute Gasteiger partial charge is 0.268 e. The Balaban J connectivity index is 1.66. The van der Waals surface area contributed by atoms with Crippen LogP contribution >= 0.6 is 11.3 Å². The average molecular weight is 426 g/mol. The molecule has 30 heavy (non-hydrogen) atoms. The molecule has 0 atom stereocenters. The van der Waals surface area contributed by atoms with E-state index in [2.05, 4.69) is 15.3 Å². The van der Waals surface area contributed by atoms with Gasteiger partial charge in [0.1, 0.15) is 0 Å². The van der Waals surface area contributed by atoms with E-state index >= 15 is 0 Å². The number of nitrogens with zero attached hydrogens (tertiary/aromatic N) is 3. The van der Waals surface area contributed by atoms with Crippen molar-refractivity contribution in [3.05, 3.63) is 52.9 Å². The number of aromatic nitrogens is 3. The number of hydrogen-bond acceptors (Lipinski definition) is 7. The summed E-state index contributed by atoms with van der Waals surface area (Å²) >= 11 is 1.29. The third-order valence-corrected chi connectivity index (χ3v) is 5.56. The number of aliphatic hydroxyl groups is 2. The molecule has 0 spiro atoms. The lowest BCUT2D eigenvalue weighted by atomic mass is 10.1. The Kier molecular flexibility index (Phi) is 5.19. The van der Waals surface area contributed by atoms with E-state index in [0.29, 0.717) is 28.0 Å². The Bertz CT molecular complexity index is 1220. The molecule has 0 aliphatic heterocycles. The van der Waals surface area contributed by atoms with Gasteiger partial charge in [0.2, 0.25) is 5.95 Å². The van der Waals surface area contributed by atoms with E-state index in [9.17, 15) is 15.0 Å². The van der Waals surface area contributed by atoms with Crippen molar-refractivity contribution >= 4 is 34.2 Å². The first-order valence-electron chi connectivity index (χ1n) is 9.40. The van der Waals surface area contributed by atoms with Crippen LogP contribution in [0.15, 0.2) is 40.9 Å². The summed E-state index contributed by atoms with van der Waals surface area (Å²) in [4.78, 5) is 22.8. The molecule has 0 saturated carbocycles. The number of carbonyl (C=O) groups excluding carboxylic acids is 1. The largest absolute Gasteiger partial charge is 0.440 e. The van der Waals surface area contributed by atoms with Crippen LogP contribution in [0, 0.1) is 6.92 Å². The number of thiophene rings is 1. The Morgan fingerprint density at radius 2 is 2.10 bits per heavy atom. The molecule has 0 radical (unpaired) electrons. The normalized spacial score (nSPS) is 11.9. The van der Waals surface area contributed by atoms with Crippen molar-refractivity contribution in [2.24, 2.45) is 0 Å². The van der Waals surface area contributed by atoms with Crippen LogP contribution in [-0.4, -0.2) is 36.3 Å². The van der Waals surface area contributed by atoms with Gasteiger partial charge >= 0.3 is 0 Å². The van der Waals surface area contributed by atoms with Crippen LogP contribution in [0.1, 0.15) is 35.0 Å². The number of fused-ring (bicyclic) bond motifs is 1. The van der Waals surface area contributed by atoms with Gasteiger partial charge in [-0.3, -0.25) is 10.1 Å². The molecule has 1 amide bonds. The molecule has 0 bridgehead atoms. The number of imidazole rings is 1. The van der Waals surface area contributed by atoms with Gasteiger partial charge in [-0.15, -0.1) is 11.3 Å². The first-order valence-corrected chi connectivity index (χ1v) is 10.2. The summed E-state index contributed by atoms with van der Waals surface area (Å²) < 4.78 is 7.29. The van der Waals surface area contributed by atoms with Crippen LogP contribution in [0.25, 0.3) is 21.7 Å². The Morgan fingerprint density at radius 3 is 2.77 bits per heavy atom. The molecule has 8 nitrogen and oxygen atoms in total. The second-order valence-corrected chi connectivity index (χ2v) is 8.76. The standard InChI is InChI=1S/C21H22N4O4S/c1-12-22-9-16(29-12)17-6-7-18(30-17)19(27)24-20-23-14-8-13(10-26)4-5-15(14)25(20)11-21(2,3)28/h4-9,26,28H,10-11H2,1-3H3,(H,23,24,27). The molecule has 4 aromatic rings. The maximum absolute atomic E-state index is 12.9. The fourth-order valence-corrected chi connectivity index (χ4v) is 3.99. The van der Waals surface area contributed by atoms with Crippen LogP contribution in [0.2, 0.25) is 0 Å². The topological polar surface area (TPSA) is 113 Å². The van der Waals surface area contributed by atoms with E-state index in [0.717, 1.165) is 16.0 Å². The number of hydrogen-bond donors (Lipinski definition) is 3. The minimum absolute atomic E-state index is 0.102. The molecule has 9 heteroatoms. The summed E-state index contributed by atoms with van der Waals surface area (Å²) in [5.41, 5.74) is 1.10. The van der Waals surface area contributed by atoms with Crippen molar-refractivity contribution in [1.29, 1.82) is 0 Å².